The first-order valence-electron chi connectivity index (χ1n) is 6.13. The SMILES string of the molecule is CC#CCCNCc1c(O)ccc2ccccc12. The predicted molar refractivity (Wildman–Crippen MR) is 75.4 cm³/mol. The molecule has 0 amide bonds. The molecule has 0 bridgehead atoms. The molecule has 0 aliphatic heterocycles. The molecule has 0 saturated carbocycles. The Balaban J connectivity index is 2.15. The van der Waals surface area contributed by atoms with Gasteiger partial charge in [-0.1, -0.05) is 30.3 Å². The molecule has 0 aromatic heterocycles. The maximum atomic E-state index is 9.94. The van der Waals surface area contributed by atoms with Crippen LogP contribution in [-0.2, 0) is 6.54 Å². The Kier molecular flexibility index (Phi) is 4.22. The minimum atomic E-state index is 0.350. The molecule has 0 unspecified atom stereocenters. The average molecular weight is 239 g/mol. The second-order valence-corrected chi connectivity index (χ2v) is 4.14. The largest absolute Gasteiger partial charge is 0.508 e. The van der Waals surface area contributed by atoms with Crippen molar-refractivity contribution in [1.29, 1.82) is 0 Å². The highest BCUT2D eigenvalue weighted by atomic mass is 16.3. The lowest BCUT2D eigenvalue weighted by atomic mass is 10.0. The molecule has 2 heteroatoms. The van der Waals surface area contributed by atoms with Gasteiger partial charge in [-0.05, 0) is 23.8 Å². The number of hydrogen-bond acceptors (Lipinski definition) is 2. The molecule has 2 N–H and O–H groups in total. The van der Waals surface area contributed by atoms with Crippen LogP contribution in [0.5, 0.6) is 5.75 Å². The summed E-state index contributed by atoms with van der Waals surface area (Å²) in [5.41, 5.74) is 0.956. The van der Waals surface area contributed by atoms with Crippen molar-refractivity contribution in [2.24, 2.45) is 0 Å². The van der Waals surface area contributed by atoms with Crippen molar-refractivity contribution in [3.05, 3.63) is 42.0 Å². The molecule has 0 heterocycles. The van der Waals surface area contributed by atoms with Gasteiger partial charge in [0, 0.05) is 25.1 Å². The summed E-state index contributed by atoms with van der Waals surface area (Å²) in [6.45, 7) is 3.35. The van der Waals surface area contributed by atoms with E-state index in [0.29, 0.717) is 12.3 Å². The summed E-state index contributed by atoms with van der Waals surface area (Å²) < 4.78 is 0. The van der Waals surface area contributed by atoms with Crippen LogP contribution in [0.2, 0.25) is 0 Å². The van der Waals surface area contributed by atoms with Gasteiger partial charge in [0.15, 0.2) is 0 Å². The lowest BCUT2D eigenvalue weighted by Crippen LogP contribution is -2.14. The number of benzene rings is 2. The third-order valence-corrected chi connectivity index (χ3v) is 2.92. The molecule has 0 atom stereocenters. The van der Waals surface area contributed by atoms with Crippen LogP contribution in [0.4, 0.5) is 0 Å². The zero-order valence-corrected chi connectivity index (χ0v) is 10.5. The molecule has 2 nitrogen and oxygen atoms in total. The van der Waals surface area contributed by atoms with E-state index in [9.17, 15) is 5.11 Å². The Bertz CT molecular complexity index is 593. The van der Waals surface area contributed by atoms with Gasteiger partial charge in [-0.2, -0.15) is 0 Å². The van der Waals surface area contributed by atoms with Crippen molar-refractivity contribution in [2.75, 3.05) is 6.54 Å². The molecule has 18 heavy (non-hydrogen) atoms. The Labute approximate surface area is 108 Å². The van der Waals surface area contributed by atoms with Gasteiger partial charge in [-0.3, -0.25) is 0 Å². The smallest absolute Gasteiger partial charge is 0.120 e. The molecule has 2 aromatic carbocycles. The highest BCUT2D eigenvalue weighted by Gasteiger charge is 2.05. The summed E-state index contributed by atoms with van der Waals surface area (Å²) in [6.07, 6.45) is 0.835. The molecule has 0 radical (unpaired) electrons. The van der Waals surface area contributed by atoms with Crippen molar-refractivity contribution in [2.45, 2.75) is 19.9 Å². The fraction of sp³-hybridized carbons (Fsp3) is 0.250. The number of nitrogens with one attached hydrogen (secondary N) is 1. The fourth-order valence-corrected chi connectivity index (χ4v) is 2.00. The quantitative estimate of drug-likeness (QED) is 0.635. The van der Waals surface area contributed by atoms with Gasteiger partial charge < -0.3 is 10.4 Å². The molecule has 2 rings (SSSR count). The first-order valence-corrected chi connectivity index (χ1v) is 6.13. The van der Waals surface area contributed by atoms with E-state index in [1.807, 2.05) is 31.2 Å². The molecular formula is C16H17NO. The van der Waals surface area contributed by atoms with Crippen LogP contribution in [0.15, 0.2) is 36.4 Å². The first kappa shape index (κ1) is 12.5. The first-order chi connectivity index (χ1) is 8.83. The van der Waals surface area contributed by atoms with E-state index in [-0.39, 0.29) is 0 Å². The second kappa shape index (κ2) is 6.09. The maximum Gasteiger partial charge on any atom is 0.120 e. The predicted octanol–water partition coefficient (Wildman–Crippen LogP) is 3.05. The lowest BCUT2D eigenvalue weighted by Gasteiger charge is -2.09. The van der Waals surface area contributed by atoms with Crippen LogP contribution in [0.3, 0.4) is 0 Å². The molecule has 0 saturated heterocycles. The fourth-order valence-electron chi connectivity index (χ4n) is 2.00. The van der Waals surface area contributed by atoms with E-state index in [2.05, 4.69) is 23.2 Å². The standard InChI is InChI=1S/C16H17NO/c1-2-3-6-11-17-12-15-14-8-5-4-7-13(14)9-10-16(15)18/h4-5,7-10,17-18H,6,11-12H2,1H3. The number of fused-ring (bicyclic) bond motifs is 1. The van der Waals surface area contributed by atoms with Crippen LogP contribution >= 0.6 is 0 Å². The minimum absolute atomic E-state index is 0.350. The number of hydrogen-bond donors (Lipinski definition) is 2. The summed E-state index contributed by atoms with van der Waals surface area (Å²) in [4.78, 5) is 0. The monoisotopic (exact) mass is 239 g/mol. The zero-order chi connectivity index (χ0) is 12.8. The number of aromatic hydroxyl groups is 1. The van der Waals surface area contributed by atoms with Crippen LogP contribution in [0.25, 0.3) is 10.8 Å². The molecule has 0 aliphatic rings. The Morgan fingerprint density at radius 1 is 1.17 bits per heavy atom. The summed E-state index contributed by atoms with van der Waals surface area (Å²) in [6, 6.07) is 11.8. The normalized spacial score (nSPS) is 10.1. The molecule has 92 valence electrons. The highest BCUT2D eigenvalue weighted by Crippen LogP contribution is 2.26. The summed E-state index contributed by atoms with van der Waals surface area (Å²) >= 11 is 0. The molecule has 0 spiro atoms. The maximum absolute atomic E-state index is 9.94. The highest BCUT2D eigenvalue weighted by molar-refractivity contribution is 5.87. The second-order valence-electron chi connectivity index (χ2n) is 4.14. The third-order valence-electron chi connectivity index (χ3n) is 2.92. The van der Waals surface area contributed by atoms with E-state index in [4.69, 9.17) is 0 Å². The number of phenolic OH excluding ortho intramolecular Hbond substituents is 1. The van der Waals surface area contributed by atoms with Crippen molar-refractivity contribution in [3.63, 3.8) is 0 Å². The summed E-state index contributed by atoms with van der Waals surface area (Å²) in [5, 5.41) is 15.5. The Morgan fingerprint density at radius 3 is 2.83 bits per heavy atom. The molecule has 2 aromatic rings. The van der Waals surface area contributed by atoms with Gasteiger partial charge in [0.25, 0.3) is 0 Å². The van der Waals surface area contributed by atoms with E-state index >= 15 is 0 Å². The third kappa shape index (κ3) is 2.82. The lowest BCUT2D eigenvalue weighted by molar-refractivity contribution is 0.466. The topological polar surface area (TPSA) is 32.3 Å². The van der Waals surface area contributed by atoms with E-state index in [0.717, 1.165) is 29.3 Å². The van der Waals surface area contributed by atoms with Gasteiger partial charge in [-0.15, -0.1) is 11.8 Å². The Morgan fingerprint density at radius 2 is 2.00 bits per heavy atom. The van der Waals surface area contributed by atoms with E-state index in [1.54, 1.807) is 6.07 Å². The number of phenols is 1. The van der Waals surface area contributed by atoms with E-state index < -0.39 is 0 Å². The van der Waals surface area contributed by atoms with Gasteiger partial charge in [0.1, 0.15) is 5.75 Å². The van der Waals surface area contributed by atoms with Crippen LogP contribution in [0.1, 0.15) is 18.9 Å². The van der Waals surface area contributed by atoms with Crippen LogP contribution in [0, 0.1) is 11.8 Å². The van der Waals surface area contributed by atoms with Gasteiger partial charge in [-0.25, -0.2) is 0 Å². The molecule has 0 fully saturated rings. The summed E-state index contributed by atoms with van der Waals surface area (Å²) in [5.74, 6) is 6.23. The minimum Gasteiger partial charge on any atom is -0.508 e. The van der Waals surface area contributed by atoms with Crippen molar-refractivity contribution < 1.29 is 5.11 Å². The Hall–Kier alpha value is -1.98. The molecule has 0 aliphatic carbocycles. The molecular weight excluding hydrogens is 222 g/mol. The van der Waals surface area contributed by atoms with Gasteiger partial charge >= 0.3 is 0 Å². The van der Waals surface area contributed by atoms with Crippen molar-refractivity contribution in [1.82, 2.24) is 5.32 Å². The average Bonchev–Trinajstić information content (AvgIpc) is 2.41. The zero-order valence-electron chi connectivity index (χ0n) is 10.5. The van der Waals surface area contributed by atoms with Crippen molar-refractivity contribution >= 4 is 10.8 Å². The van der Waals surface area contributed by atoms with Gasteiger partial charge in [0.2, 0.25) is 0 Å². The van der Waals surface area contributed by atoms with Gasteiger partial charge in [0.05, 0.1) is 0 Å². The van der Waals surface area contributed by atoms with Crippen molar-refractivity contribution in [3.8, 4) is 17.6 Å². The van der Waals surface area contributed by atoms with Crippen LogP contribution < -0.4 is 5.32 Å². The van der Waals surface area contributed by atoms with Crippen LogP contribution in [-0.4, -0.2) is 11.7 Å². The number of rotatable bonds is 4. The van der Waals surface area contributed by atoms with E-state index in [1.165, 1.54) is 0 Å². The summed E-state index contributed by atoms with van der Waals surface area (Å²) in [7, 11) is 0.